The summed E-state index contributed by atoms with van der Waals surface area (Å²) in [6, 6.07) is 0. The molecule has 0 aliphatic heterocycles. The predicted octanol–water partition coefficient (Wildman–Crippen LogP) is 11.5. The number of hydrogen-bond acceptors (Lipinski definition) is 0. The van der Waals surface area contributed by atoms with Crippen LogP contribution in [0.15, 0.2) is 50.6 Å². The summed E-state index contributed by atoms with van der Waals surface area (Å²) in [6.45, 7) is 15.6. The number of allylic oxidation sites excluding steroid dienone is 4. The third kappa shape index (κ3) is 21.6. The van der Waals surface area contributed by atoms with Crippen molar-refractivity contribution in [1.29, 1.82) is 0 Å². The molecule has 0 fully saturated rings. The quantitative estimate of drug-likeness (QED) is 0.0599. The Balaban J connectivity index is 4.80. The van der Waals surface area contributed by atoms with Crippen LogP contribution in [0.3, 0.4) is 0 Å². The van der Waals surface area contributed by atoms with Crippen molar-refractivity contribution in [2.75, 3.05) is 24.6 Å². The van der Waals surface area contributed by atoms with Crippen LogP contribution in [0.1, 0.15) is 128 Å². The van der Waals surface area contributed by atoms with Gasteiger partial charge in [0.05, 0.1) is 24.6 Å². The van der Waals surface area contributed by atoms with Crippen LogP contribution >= 0.6 is 7.26 Å². The molecule has 0 saturated carbocycles. The van der Waals surface area contributed by atoms with E-state index in [4.69, 9.17) is 0 Å². The minimum atomic E-state index is -0.799. The molecule has 0 aliphatic carbocycles. The van der Waals surface area contributed by atoms with E-state index < -0.39 is 7.26 Å². The summed E-state index contributed by atoms with van der Waals surface area (Å²) in [7, 11) is -0.799. The third-order valence-corrected chi connectivity index (χ3v) is 12.2. The Hall–Kier alpha value is -0.610. The summed E-state index contributed by atoms with van der Waals surface area (Å²) >= 11 is 0. The van der Waals surface area contributed by atoms with Gasteiger partial charge in [0.15, 0.2) is 0 Å². The molecule has 0 unspecified atom stereocenters. The maximum absolute atomic E-state index is 3.89. The van der Waals surface area contributed by atoms with E-state index in [9.17, 15) is 0 Å². The van der Waals surface area contributed by atoms with Gasteiger partial charge in [-0.15, -0.1) is 26.3 Å². The summed E-state index contributed by atoms with van der Waals surface area (Å²) in [5, 5.41) is 0. The molecule has 0 aliphatic rings. The van der Waals surface area contributed by atoms with E-state index in [1.165, 1.54) is 128 Å². The van der Waals surface area contributed by atoms with Crippen LogP contribution in [-0.4, -0.2) is 24.6 Å². The maximum Gasteiger partial charge on any atom is 0.0594 e. The summed E-state index contributed by atoms with van der Waals surface area (Å²) in [5.41, 5.74) is 0. The first-order valence-electron chi connectivity index (χ1n) is 14.5. The SMILES string of the molecule is C=CCCCCCC[P+](CCCCCCC=C)(CCCCCCC=C)CCCCCCC=C. The highest BCUT2D eigenvalue weighted by Crippen LogP contribution is 2.61. The zero-order chi connectivity index (χ0) is 24.3. The van der Waals surface area contributed by atoms with Gasteiger partial charge in [-0.3, -0.25) is 0 Å². The van der Waals surface area contributed by atoms with E-state index in [0.29, 0.717) is 0 Å². The molecular formula is C32H60P+. The van der Waals surface area contributed by atoms with E-state index in [2.05, 4.69) is 50.6 Å². The molecule has 0 bridgehead atoms. The fraction of sp³-hybridized carbons (Fsp3) is 0.750. The van der Waals surface area contributed by atoms with Gasteiger partial charge in [0.2, 0.25) is 0 Å². The second kappa shape index (κ2) is 26.0. The molecule has 0 aromatic rings. The molecule has 0 radical (unpaired) electrons. The molecule has 33 heavy (non-hydrogen) atoms. The molecule has 0 aromatic heterocycles. The molecule has 0 spiro atoms. The average molecular weight is 476 g/mol. The number of hydrogen-bond donors (Lipinski definition) is 0. The normalized spacial score (nSPS) is 11.4. The Kier molecular flexibility index (Phi) is 25.5. The molecule has 0 aromatic carbocycles. The largest absolute Gasteiger partial charge is 0.103 e. The van der Waals surface area contributed by atoms with Gasteiger partial charge in [0, 0.05) is 7.26 Å². The van der Waals surface area contributed by atoms with Gasteiger partial charge in [0.1, 0.15) is 0 Å². The van der Waals surface area contributed by atoms with Crippen molar-refractivity contribution in [3.05, 3.63) is 50.6 Å². The first-order chi connectivity index (χ1) is 16.2. The monoisotopic (exact) mass is 475 g/mol. The second-order valence-electron chi connectivity index (χ2n) is 10.2. The molecule has 1 heteroatoms. The van der Waals surface area contributed by atoms with Crippen LogP contribution < -0.4 is 0 Å². The van der Waals surface area contributed by atoms with E-state index in [0.717, 1.165) is 0 Å². The molecule has 0 saturated heterocycles. The Morgan fingerprint density at radius 1 is 0.303 bits per heavy atom. The lowest BCUT2D eigenvalue weighted by molar-refractivity contribution is 0.652. The van der Waals surface area contributed by atoms with Crippen LogP contribution in [0, 0.1) is 0 Å². The summed E-state index contributed by atoms with van der Waals surface area (Å²) in [5.74, 6) is 0. The fourth-order valence-electron chi connectivity index (χ4n) is 5.03. The first-order valence-corrected chi connectivity index (χ1v) is 17.1. The van der Waals surface area contributed by atoms with Crippen molar-refractivity contribution >= 4 is 7.26 Å². The molecule has 0 amide bonds. The van der Waals surface area contributed by atoms with Crippen molar-refractivity contribution in [3.63, 3.8) is 0 Å². The van der Waals surface area contributed by atoms with Crippen LogP contribution in [0.5, 0.6) is 0 Å². The molecule has 0 rings (SSSR count). The van der Waals surface area contributed by atoms with Crippen molar-refractivity contribution in [2.24, 2.45) is 0 Å². The Morgan fingerprint density at radius 3 is 0.727 bits per heavy atom. The van der Waals surface area contributed by atoms with Crippen LogP contribution in [0.4, 0.5) is 0 Å². The molecule has 0 atom stereocenters. The molecular weight excluding hydrogens is 415 g/mol. The third-order valence-electron chi connectivity index (χ3n) is 7.16. The molecule has 0 nitrogen and oxygen atoms in total. The lowest BCUT2D eigenvalue weighted by Crippen LogP contribution is -2.13. The van der Waals surface area contributed by atoms with Gasteiger partial charge in [-0.1, -0.05) is 50.0 Å². The first kappa shape index (κ1) is 32.4. The van der Waals surface area contributed by atoms with Gasteiger partial charge in [-0.05, 0) is 103 Å². The minimum Gasteiger partial charge on any atom is -0.103 e. The van der Waals surface area contributed by atoms with Gasteiger partial charge in [-0.2, -0.15) is 0 Å². The highest BCUT2D eigenvalue weighted by molar-refractivity contribution is 7.75. The van der Waals surface area contributed by atoms with Gasteiger partial charge in [0.25, 0.3) is 0 Å². The van der Waals surface area contributed by atoms with Crippen LogP contribution in [0.25, 0.3) is 0 Å². The highest BCUT2D eigenvalue weighted by atomic mass is 31.2. The second-order valence-corrected chi connectivity index (χ2v) is 14.7. The zero-order valence-electron chi connectivity index (χ0n) is 22.6. The van der Waals surface area contributed by atoms with Crippen LogP contribution in [0.2, 0.25) is 0 Å². The Morgan fingerprint density at radius 2 is 0.515 bits per heavy atom. The van der Waals surface area contributed by atoms with Crippen molar-refractivity contribution < 1.29 is 0 Å². The highest BCUT2D eigenvalue weighted by Gasteiger charge is 2.34. The Bertz CT molecular complexity index is 364. The fourth-order valence-corrected chi connectivity index (χ4v) is 9.95. The van der Waals surface area contributed by atoms with Crippen molar-refractivity contribution in [1.82, 2.24) is 0 Å². The average Bonchev–Trinajstić information content (AvgIpc) is 2.83. The van der Waals surface area contributed by atoms with Gasteiger partial charge >= 0.3 is 0 Å². The predicted molar refractivity (Wildman–Crippen MR) is 160 cm³/mol. The van der Waals surface area contributed by atoms with Gasteiger partial charge in [-0.25, -0.2) is 0 Å². The minimum absolute atomic E-state index is 0.799. The summed E-state index contributed by atoms with van der Waals surface area (Å²) < 4.78 is 0. The van der Waals surface area contributed by atoms with Gasteiger partial charge < -0.3 is 0 Å². The molecule has 192 valence electrons. The summed E-state index contributed by atoms with van der Waals surface area (Å²) in [6.07, 6.45) is 42.1. The van der Waals surface area contributed by atoms with E-state index in [1.54, 1.807) is 24.6 Å². The Labute approximate surface area is 210 Å². The number of unbranched alkanes of at least 4 members (excludes halogenated alkanes) is 16. The van der Waals surface area contributed by atoms with E-state index in [-0.39, 0.29) is 0 Å². The molecule has 0 heterocycles. The lowest BCUT2D eigenvalue weighted by Gasteiger charge is -2.28. The van der Waals surface area contributed by atoms with Crippen LogP contribution in [-0.2, 0) is 0 Å². The zero-order valence-corrected chi connectivity index (χ0v) is 23.5. The number of rotatable bonds is 28. The molecule has 0 N–H and O–H groups in total. The van der Waals surface area contributed by atoms with Crippen molar-refractivity contribution in [3.8, 4) is 0 Å². The topological polar surface area (TPSA) is 0 Å². The smallest absolute Gasteiger partial charge is 0.0594 e. The standard InChI is InChI=1S/C32H60P/c1-5-9-13-17-21-25-29-33(30-26-22-18-14-10-6-2,31-27-23-19-15-11-7-3)32-28-24-20-16-12-8-4/h5-8H,1-4,9-32H2/q+1. The maximum atomic E-state index is 3.89. The summed E-state index contributed by atoms with van der Waals surface area (Å²) in [4.78, 5) is 0. The van der Waals surface area contributed by atoms with Crippen molar-refractivity contribution in [2.45, 2.75) is 128 Å². The van der Waals surface area contributed by atoms with E-state index >= 15 is 0 Å². The lowest BCUT2D eigenvalue weighted by atomic mass is 10.1. The van der Waals surface area contributed by atoms with E-state index in [1.807, 2.05) is 0 Å².